The Labute approximate surface area is 175 Å². The topological polar surface area (TPSA) is 62.7 Å². The predicted octanol–water partition coefficient (Wildman–Crippen LogP) is 3.75. The first-order chi connectivity index (χ1) is 14.1. The molecule has 4 rings (SSSR count). The summed E-state index contributed by atoms with van der Waals surface area (Å²) in [5.41, 5.74) is 1.02. The highest BCUT2D eigenvalue weighted by molar-refractivity contribution is 7.99. The Morgan fingerprint density at radius 2 is 1.86 bits per heavy atom. The van der Waals surface area contributed by atoms with Crippen LogP contribution in [0.5, 0.6) is 0 Å². The van der Waals surface area contributed by atoms with E-state index < -0.39 is 0 Å². The van der Waals surface area contributed by atoms with Crippen molar-refractivity contribution < 1.29 is 14.3 Å². The van der Waals surface area contributed by atoms with Crippen LogP contribution in [-0.4, -0.2) is 57.7 Å². The summed E-state index contributed by atoms with van der Waals surface area (Å²) in [5.74, 6) is 0.512. The molecule has 2 fully saturated rings. The number of likely N-dealkylation sites (tertiary alicyclic amines) is 1. The van der Waals surface area contributed by atoms with Gasteiger partial charge in [0.2, 0.25) is 5.91 Å². The van der Waals surface area contributed by atoms with E-state index in [0.717, 1.165) is 23.4 Å². The molecule has 2 atom stereocenters. The van der Waals surface area contributed by atoms with E-state index in [1.165, 1.54) is 11.8 Å². The highest BCUT2D eigenvalue weighted by atomic mass is 32.2. The van der Waals surface area contributed by atoms with Gasteiger partial charge in [-0.1, -0.05) is 48.2 Å². The number of hydrogen-bond donors (Lipinski definition) is 0. The number of thioether (sulfide) groups is 1. The number of amides is 2. The van der Waals surface area contributed by atoms with Crippen molar-refractivity contribution in [2.45, 2.75) is 43.0 Å². The van der Waals surface area contributed by atoms with Gasteiger partial charge in [0.15, 0.2) is 0 Å². The molecule has 152 valence electrons. The molecule has 2 amide bonds. The Hall–Kier alpha value is -2.54. The van der Waals surface area contributed by atoms with Crippen molar-refractivity contribution >= 4 is 23.8 Å². The number of nitrogens with zero attached hydrogens (tertiary/aromatic N) is 3. The average Bonchev–Trinajstić information content (AvgIpc) is 3.07. The lowest BCUT2D eigenvalue weighted by Crippen LogP contribution is -2.49. The van der Waals surface area contributed by atoms with Gasteiger partial charge in [-0.15, -0.1) is 0 Å². The van der Waals surface area contributed by atoms with E-state index >= 15 is 0 Å². The molecule has 3 heterocycles. The molecule has 7 heteroatoms. The van der Waals surface area contributed by atoms with Gasteiger partial charge < -0.3 is 9.64 Å². The Balaban J connectivity index is 1.31. The van der Waals surface area contributed by atoms with Crippen LogP contribution in [0.2, 0.25) is 0 Å². The SMILES string of the molecule is C[C@@H]1[C@H](c2ccccc2)OC(=O)N1C1CCN(C(=O)CSc2ccccn2)CC1. The first-order valence-electron chi connectivity index (χ1n) is 9.99. The van der Waals surface area contributed by atoms with Crippen LogP contribution in [0.15, 0.2) is 59.8 Å². The van der Waals surface area contributed by atoms with Crippen molar-refractivity contribution in [3.63, 3.8) is 0 Å². The van der Waals surface area contributed by atoms with Crippen LogP contribution in [0.1, 0.15) is 31.4 Å². The van der Waals surface area contributed by atoms with Crippen LogP contribution in [0.4, 0.5) is 4.79 Å². The molecule has 0 spiro atoms. The molecular weight excluding hydrogens is 386 g/mol. The smallest absolute Gasteiger partial charge is 0.411 e. The quantitative estimate of drug-likeness (QED) is 0.702. The van der Waals surface area contributed by atoms with Crippen molar-refractivity contribution in [2.75, 3.05) is 18.8 Å². The van der Waals surface area contributed by atoms with E-state index in [1.807, 2.05) is 65.3 Å². The minimum absolute atomic E-state index is 0.0168. The van der Waals surface area contributed by atoms with Crippen molar-refractivity contribution in [2.24, 2.45) is 0 Å². The van der Waals surface area contributed by atoms with Gasteiger partial charge in [-0.05, 0) is 37.5 Å². The number of pyridine rings is 1. The second-order valence-corrected chi connectivity index (χ2v) is 8.43. The zero-order chi connectivity index (χ0) is 20.2. The fourth-order valence-corrected chi connectivity index (χ4v) is 4.87. The molecule has 0 saturated carbocycles. The molecule has 1 aromatic carbocycles. The third-order valence-corrected chi connectivity index (χ3v) is 6.56. The number of carbonyl (C=O) groups is 2. The van der Waals surface area contributed by atoms with Crippen molar-refractivity contribution in [1.82, 2.24) is 14.8 Å². The minimum Gasteiger partial charge on any atom is -0.439 e. The number of hydrogen-bond acceptors (Lipinski definition) is 5. The summed E-state index contributed by atoms with van der Waals surface area (Å²) in [6.07, 6.45) is 2.80. The third kappa shape index (κ3) is 4.40. The lowest BCUT2D eigenvalue weighted by Gasteiger charge is -2.37. The van der Waals surface area contributed by atoms with E-state index in [-0.39, 0.29) is 30.2 Å². The summed E-state index contributed by atoms with van der Waals surface area (Å²) in [6.45, 7) is 3.38. The molecule has 0 N–H and O–H groups in total. The van der Waals surface area contributed by atoms with Gasteiger partial charge >= 0.3 is 6.09 Å². The summed E-state index contributed by atoms with van der Waals surface area (Å²) >= 11 is 1.46. The maximum absolute atomic E-state index is 12.6. The van der Waals surface area contributed by atoms with Crippen molar-refractivity contribution in [3.8, 4) is 0 Å². The van der Waals surface area contributed by atoms with E-state index in [1.54, 1.807) is 6.20 Å². The molecule has 29 heavy (non-hydrogen) atoms. The monoisotopic (exact) mass is 411 g/mol. The number of carbonyl (C=O) groups excluding carboxylic acids is 2. The summed E-state index contributed by atoms with van der Waals surface area (Å²) in [6, 6.07) is 15.7. The van der Waals surface area contributed by atoms with Gasteiger partial charge in [0.05, 0.1) is 16.8 Å². The molecule has 2 aliphatic rings. The molecule has 0 radical (unpaired) electrons. The van der Waals surface area contributed by atoms with Crippen molar-refractivity contribution in [3.05, 3.63) is 60.3 Å². The maximum atomic E-state index is 12.6. The normalized spacial score (nSPS) is 22.6. The van der Waals surface area contributed by atoms with E-state index in [9.17, 15) is 9.59 Å². The van der Waals surface area contributed by atoms with Crippen LogP contribution in [0.3, 0.4) is 0 Å². The summed E-state index contributed by atoms with van der Waals surface area (Å²) in [5, 5.41) is 0.858. The van der Waals surface area contributed by atoms with Crippen LogP contribution in [0.25, 0.3) is 0 Å². The molecule has 1 aromatic heterocycles. The van der Waals surface area contributed by atoms with Gasteiger partial charge in [-0.3, -0.25) is 9.69 Å². The Bertz CT molecular complexity index is 841. The number of aromatic nitrogens is 1. The van der Waals surface area contributed by atoms with Gasteiger partial charge in [-0.2, -0.15) is 0 Å². The summed E-state index contributed by atoms with van der Waals surface area (Å²) < 4.78 is 5.68. The van der Waals surface area contributed by atoms with Crippen LogP contribution in [0, 0.1) is 0 Å². The van der Waals surface area contributed by atoms with Gasteiger partial charge in [0, 0.05) is 25.3 Å². The van der Waals surface area contributed by atoms with Gasteiger partial charge in [0.25, 0.3) is 0 Å². The van der Waals surface area contributed by atoms with E-state index in [4.69, 9.17) is 4.74 Å². The van der Waals surface area contributed by atoms with Crippen molar-refractivity contribution in [1.29, 1.82) is 0 Å². The molecule has 0 aliphatic carbocycles. The number of cyclic esters (lactones) is 1. The zero-order valence-electron chi connectivity index (χ0n) is 16.4. The standard InChI is InChI=1S/C22H25N3O3S/c1-16-21(17-7-3-2-4-8-17)28-22(27)25(16)18-10-13-24(14-11-18)20(26)15-29-19-9-5-6-12-23-19/h2-9,12,16,18,21H,10-11,13-15H2,1H3/t16-,21-/m1/s1. The second-order valence-electron chi connectivity index (χ2n) is 7.43. The lowest BCUT2D eigenvalue weighted by molar-refractivity contribution is -0.129. The molecule has 0 bridgehead atoms. The largest absolute Gasteiger partial charge is 0.439 e. The molecule has 2 aliphatic heterocycles. The minimum atomic E-state index is -0.248. The van der Waals surface area contributed by atoms with E-state index in [0.29, 0.717) is 18.8 Å². The Morgan fingerprint density at radius 3 is 2.55 bits per heavy atom. The number of piperidine rings is 1. The fraction of sp³-hybridized carbons (Fsp3) is 0.409. The highest BCUT2D eigenvalue weighted by Crippen LogP contribution is 2.35. The fourth-order valence-electron chi connectivity index (χ4n) is 4.10. The first-order valence-corrected chi connectivity index (χ1v) is 11.0. The zero-order valence-corrected chi connectivity index (χ0v) is 17.3. The molecule has 0 unspecified atom stereocenters. The molecule has 2 saturated heterocycles. The summed E-state index contributed by atoms with van der Waals surface area (Å²) in [7, 11) is 0. The maximum Gasteiger partial charge on any atom is 0.411 e. The Morgan fingerprint density at radius 1 is 1.14 bits per heavy atom. The van der Waals surface area contributed by atoms with Gasteiger partial charge in [0.1, 0.15) is 6.10 Å². The Kier molecular flexibility index (Phi) is 6.04. The number of benzene rings is 1. The van der Waals surface area contributed by atoms with Crippen LogP contribution < -0.4 is 0 Å². The van der Waals surface area contributed by atoms with Crippen LogP contribution in [-0.2, 0) is 9.53 Å². The average molecular weight is 412 g/mol. The third-order valence-electron chi connectivity index (χ3n) is 5.64. The highest BCUT2D eigenvalue weighted by Gasteiger charge is 2.44. The predicted molar refractivity (Wildman–Crippen MR) is 112 cm³/mol. The molecule has 2 aromatic rings. The van der Waals surface area contributed by atoms with Crippen LogP contribution >= 0.6 is 11.8 Å². The number of ether oxygens (including phenoxy) is 1. The first kappa shape index (κ1) is 19.8. The molecular formula is C22H25N3O3S. The number of rotatable bonds is 5. The molecule has 6 nitrogen and oxygen atoms in total. The van der Waals surface area contributed by atoms with Gasteiger partial charge in [-0.25, -0.2) is 9.78 Å². The lowest BCUT2D eigenvalue weighted by atomic mass is 9.98. The van der Waals surface area contributed by atoms with E-state index in [2.05, 4.69) is 4.98 Å². The second kappa shape index (κ2) is 8.86. The summed E-state index contributed by atoms with van der Waals surface area (Å²) in [4.78, 5) is 33.1.